The zero-order valence-corrected chi connectivity index (χ0v) is 10.2. The van der Waals surface area contributed by atoms with Gasteiger partial charge >= 0.3 is 0 Å². The fraction of sp³-hybridized carbons (Fsp3) is 0.231. The van der Waals surface area contributed by atoms with Gasteiger partial charge in [0.2, 0.25) is 0 Å². The molecule has 1 heterocycles. The van der Waals surface area contributed by atoms with Crippen LogP contribution in [0, 0.1) is 6.01 Å². The number of halogens is 1. The third-order valence-corrected chi connectivity index (χ3v) is 2.46. The number of benzene rings is 1. The number of ether oxygens (including phenoxy) is 2. The minimum atomic E-state index is -0.623. The molecule has 0 aliphatic heterocycles. The van der Waals surface area contributed by atoms with Crippen molar-refractivity contribution in [3.05, 3.63) is 42.1 Å². The van der Waals surface area contributed by atoms with Crippen LogP contribution in [-0.2, 0) is 6.61 Å². The molecule has 0 fully saturated rings. The maximum Gasteiger partial charge on any atom is 0.278 e. The van der Waals surface area contributed by atoms with Crippen LogP contribution in [0.5, 0.6) is 11.5 Å². The van der Waals surface area contributed by atoms with Crippen molar-refractivity contribution in [2.45, 2.75) is 6.61 Å². The summed E-state index contributed by atoms with van der Waals surface area (Å²) in [5.41, 5.74) is 0.793. The summed E-state index contributed by atoms with van der Waals surface area (Å²) in [4.78, 5) is 0. The van der Waals surface area contributed by atoms with Gasteiger partial charge in [0.1, 0.15) is 12.4 Å². The highest BCUT2D eigenvalue weighted by Gasteiger charge is 2.11. The van der Waals surface area contributed by atoms with Crippen molar-refractivity contribution in [2.75, 3.05) is 19.5 Å². The van der Waals surface area contributed by atoms with Gasteiger partial charge in [0.25, 0.3) is 6.01 Å². The van der Waals surface area contributed by atoms with E-state index in [9.17, 15) is 4.39 Å². The summed E-state index contributed by atoms with van der Waals surface area (Å²) in [6, 6.07) is 7.66. The number of nitrogens with one attached hydrogen (secondary N) is 1. The summed E-state index contributed by atoms with van der Waals surface area (Å²) in [5, 5.41) is 3.00. The smallest absolute Gasteiger partial charge is 0.278 e. The Kier molecular flexibility index (Phi) is 3.72. The summed E-state index contributed by atoms with van der Waals surface area (Å²) in [7, 11) is 3.35. The lowest BCUT2D eigenvalue weighted by Crippen LogP contribution is -2.00. The molecular formula is C13H14FNO3. The third-order valence-electron chi connectivity index (χ3n) is 2.46. The van der Waals surface area contributed by atoms with Crippen LogP contribution in [0.15, 0.2) is 34.7 Å². The third kappa shape index (κ3) is 2.56. The molecule has 1 aromatic heterocycles. The molecule has 96 valence electrons. The standard InChI is InChI=1S/C13H14FNO3/c1-15-10-4-3-5-11(16-2)13(10)17-8-9-6-7-12(14)18-9/h3-7,15H,8H2,1-2H3. The highest BCUT2D eigenvalue weighted by atomic mass is 19.1. The van der Waals surface area contributed by atoms with Gasteiger partial charge in [-0.1, -0.05) is 6.07 Å². The van der Waals surface area contributed by atoms with Crippen LogP contribution in [0.2, 0.25) is 0 Å². The molecular weight excluding hydrogens is 237 g/mol. The van der Waals surface area contributed by atoms with Crippen molar-refractivity contribution in [3.8, 4) is 11.5 Å². The molecule has 4 nitrogen and oxygen atoms in total. The van der Waals surface area contributed by atoms with Crippen LogP contribution in [-0.4, -0.2) is 14.2 Å². The van der Waals surface area contributed by atoms with E-state index in [1.807, 2.05) is 12.1 Å². The van der Waals surface area contributed by atoms with E-state index in [1.165, 1.54) is 12.1 Å². The van der Waals surface area contributed by atoms with Crippen molar-refractivity contribution in [2.24, 2.45) is 0 Å². The van der Waals surface area contributed by atoms with E-state index in [-0.39, 0.29) is 6.61 Å². The summed E-state index contributed by atoms with van der Waals surface area (Å²) >= 11 is 0. The zero-order chi connectivity index (χ0) is 13.0. The van der Waals surface area contributed by atoms with Crippen molar-refractivity contribution < 1.29 is 18.3 Å². The van der Waals surface area contributed by atoms with E-state index < -0.39 is 6.01 Å². The van der Waals surface area contributed by atoms with Crippen LogP contribution >= 0.6 is 0 Å². The molecule has 2 rings (SSSR count). The first-order chi connectivity index (χ1) is 8.74. The molecule has 0 saturated carbocycles. The quantitative estimate of drug-likeness (QED) is 0.887. The Labute approximate surface area is 104 Å². The van der Waals surface area contributed by atoms with Gasteiger partial charge in [-0.05, 0) is 18.2 Å². The average molecular weight is 251 g/mol. The molecule has 0 spiro atoms. The van der Waals surface area contributed by atoms with E-state index in [4.69, 9.17) is 13.9 Å². The number of methoxy groups -OCH3 is 1. The van der Waals surface area contributed by atoms with Gasteiger partial charge in [-0.2, -0.15) is 4.39 Å². The lowest BCUT2D eigenvalue weighted by Gasteiger charge is -2.13. The van der Waals surface area contributed by atoms with Crippen LogP contribution in [0.3, 0.4) is 0 Å². The molecule has 0 amide bonds. The number of hydrogen-bond donors (Lipinski definition) is 1. The van der Waals surface area contributed by atoms with Crippen LogP contribution in [0.1, 0.15) is 5.76 Å². The van der Waals surface area contributed by atoms with Gasteiger partial charge in [-0.3, -0.25) is 0 Å². The number of para-hydroxylation sites is 1. The van der Waals surface area contributed by atoms with E-state index in [0.717, 1.165) is 5.69 Å². The summed E-state index contributed by atoms with van der Waals surface area (Å²) in [5.74, 6) is 1.59. The minimum absolute atomic E-state index is 0.138. The predicted octanol–water partition coefficient (Wildman–Crippen LogP) is 3.05. The largest absolute Gasteiger partial charge is 0.493 e. The Morgan fingerprint density at radius 2 is 2.11 bits per heavy atom. The average Bonchev–Trinajstić information content (AvgIpc) is 2.81. The van der Waals surface area contributed by atoms with E-state index in [0.29, 0.717) is 17.3 Å². The minimum Gasteiger partial charge on any atom is -0.493 e. The SMILES string of the molecule is CNc1cccc(OC)c1OCc1ccc(F)o1. The number of hydrogen-bond acceptors (Lipinski definition) is 4. The first kappa shape index (κ1) is 12.3. The van der Waals surface area contributed by atoms with Gasteiger partial charge < -0.3 is 19.2 Å². The molecule has 18 heavy (non-hydrogen) atoms. The fourth-order valence-electron chi connectivity index (χ4n) is 1.59. The normalized spacial score (nSPS) is 10.2. The lowest BCUT2D eigenvalue weighted by atomic mass is 10.2. The van der Waals surface area contributed by atoms with Gasteiger partial charge in [-0.25, -0.2) is 0 Å². The van der Waals surface area contributed by atoms with Crippen molar-refractivity contribution >= 4 is 5.69 Å². The molecule has 0 radical (unpaired) electrons. The van der Waals surface area contributed by atoms with Gasteiger partial charge in [0, 0.05) is 13.1 Å². The maximum atomic E-state index is 12.7. The molecule has 0 bridgehead atoms. The van der Waals surface area contributed by atoms with Crippen molar-refractivity contribution in [3.63, 3.8) is 0 Å². The van der Waals surface area contributed by atoms with Gasteiger partial charge in [-0.15, -0.1) is 0 Å². The summed E-state index contributed by atoms with van der Waals surface area (Å²) in [6.07, 6.45) is 0. The Hall–Kier alpha value is -2.17. The Morgan fingerprint density at radius 3 is 2.72 bits per heavy atom. The van der Waals surface area contributed by atoms with E-state index in [1.54, 1.807) is 20.2 Å². The second kappa shape index (κ2) is 5.44. The monoisotopic (exact) mass is 251 g/mol. The zero-order valence-electron chi connectivity index (χ0n) is 10.2. The highest BCUT2D eigenvalue weighted by Crippen LogP contribution is 2.35. The molecule has 2 aromatic rings. The second-order valence-electron chi connectivity index (χ2n) is 3.58. The molecule has 5 heteroatoms. The first-order valence-corrected chi connectivity index (χ1v) is 5.46. The predicted molar refractivity (Wildman–Crippen MR) is 65.5 cm³/mol. The number of rotatable bonds is 5. The molecule has 0 unspecified atom stereocenters. The lowest BCUT2D eigenvalue weighted by molar-refractivity contribution is 0.237. The topological polar surface area (TPSA) is 43.6 Å². The van der Waals surface area contributed by atoms with Crippen LogP contribution < -0.4 is 14.8 Å². The fourth-order valence-corrected chi connectivity index (χ4v) is 1.59. The molecule has 0 atom stereocenters. The van der Waals surface area contributed by atoms with Crippen LogP contribution in [0.4, 0.5) is 10.1 Å². The molecule has 0 aliphatic carbocycles. The Balaban J connectivity index is 2.17. The molecule has 0 aliphatic rings. The highest BCUT2D eigenvalue weighted by molar-refractivity contribution is 5.62. The van der Waals surface area contributed by atoms with Crippen molar-refractivity contribution in [1.82, 2.24) is 0 Å². The van der Waals surface area contributed by atoms with Gasteiger partial charge in [0.15, 0.2) is 11.5 Å². The van der Waals surface area contributed by atoms with E-state index >= 15 is 0 Å². The second-order valence-corrected chi connectivity index (χ2v) is 3.58. The van der Waals surface area contributed by atoms with Gasteiger partial charge in [0.05, 0.1) is 12.8 Å². The maximum absolute atomic E-state index is 12.7. The first-order valence-electron chi connectivity index (χ1n) is 5.46. The molecule has 1 N–H and O–H groups in total. The number of furan rings is 1. The summed E-state index contributed by atoms with van der Waals surface area (Å²) in [6.45, 7) is 0.138. The van der Waals surface area contributed by atoms with Crippen molar-refractivity contribution in [1.29, 1.82) is 0 Å². The van der Waals surface area contributed by atoms with E-state index in [2.05, 4.69) is 5.32 Å². The van der Waals surface area contributed by atoms with Crippen LogP contribution in [0.25, 0.3) is 0 Å². The number of anilines is 1. The molecule has 0 saturated heterocycles. The molecule has 1 aromatic carbocycles. The Morgan fingerprint density at radius 1 is 1.28 bits per heavy atom. The summed E-state index contributed by atoms with van der Waals surface area (Å²) < 4.78 is 28.3. The Bertz CT molecular complexity index is 502.